The van der Waals surface area contributed by atoms with E-state index in [0.717, 1.165) is 18.0 Å². The van der Waals surface area contributed by atoms with Gasteiger partial charge in [0, 0.05) is 13.7 Å². The molecule has 3 heteroatoms. The molecule has 0 aliphatic rings. The van der Waals surface area contributed by atoms with Gasteiger partial charge in [-0.2, -0.15) is 0 Å². The Morgan fingerprint density at radius 3 is 2.62 bits per heavy atom. The minimum atomic E-state index is 0.641. The van der Waals surface area contributed by atoms with Gasteiger partial charge in [-0.3, -0.25) is 0 Å². The summed E-state index contributed by atoms with van der Waals surface area (Å²) in [5.74, 6) is 0.908. The summed E-state index contributed by atoms with van der Waals surface area (Å²) in [4.78, 5) is 0. The molecular formula is C18H23NO2. The van der Waals surface area contributed by atoms with Crippen molar-refractivity contribution in [1.29, 1.82) is 0 Å². The molecule has 21 heavy (non-hydrogen) atoms. The van der Waals surface area contributed by atoms with Crippen molar-refractivity contribution in [2.45, 2.75) is 27.0 Å². The van der Waals surface area contributed by atoms with Crippen molar-refractivity contribution in [1.82, 2.24) is 0 Å². The molecule has 1 N–H and O–H groups in total. The molecule has 3 nitrogen and oxygen atoms in total. The summed E-state index contributed by atoms with van der Waals surface area (Å²) in [6.45, 7) is 6.14. The van der Waals surface area contributed by atoms with Gasteiger partial charge < -0.3 is 14.8 Å². The van der Waals surface area contributed by atoms with Crippen molar-refractivity contribution in [3.05, 3.63) is 59.2 Å². The Morgan fingerprint density at radius 2 is 1.86 bits per heavy atom. The van der Waals surface area contributed by atoms with Crippen LogP contribution in [-0.2, 0) is 17.9 Å². The number of nitrogens with one attached hydrogen (secondary N) is 1. The van der Waals surface area contributed by atoms with Crippen LogP contribution in [0.4, 0.5) is 5.69 Å². The SMILES string of the molecule is CCOc1cc(C)ccc1NCc1cccc(COC)c1. The number of rotatable bonds is 7. The van der Waals surface area contributed by atoms with Crippen LogP contribution in [0.2, 0.25) is 0 Å². The summed E-state index contributed by atoms with van der Waals surface area (Å²) in [7, 11) is 1.71. The first-order valence-electron chi connectivity index (χ1n) is 7.27. The lowest BCUT2D eigenvalue weighted by molar-refractivity contribution is 0.185. The second-order valence-corrected chi connectivity index (χ2v) is 5.04. The van der Waals surface area contributed by atoms with Crippen LogP contribution in [0.25, 0.3) is 0 Å². The first-order valence-corrected chi connectivity index (χ1v) is 7.27. The van der Waals surface area contributed by atoms with Gasteiger partial charge in [-0.05, 0) is 42.7 Å². The highest BCUT2D eigenvalue weighted by Gasteiger charge is 2.04. The summed E-state index contributed by atoms with van der Waals surface area (Å²) < 4.78 is 10.9. The topological polar surface area (TPSA) is 30.5 Å². The van der Waals surface area contributed by atoms with E-state index in [9.17, 15) is 0 Å². The fourth-order valence-electron chi connectivity index (χ4n) is 2.24. The minimum absolute atomic E-state index is 0.641. The smallest absolute Gasteiger partial charge is 0.142 e. The molecule has 0 bridgehead atoms. The van der Waals surface area contributed by atoms with Gasteiger partial charge in [0.1, 0.15) is 5.75 Å². The molecule has 0 spiro atoms. The van der Waals surface area contributed by atoms with Gasteiger partial charge in [-0.25, -0.2) is 0 Å². The monoisotopic (exact) mass is 285 g/mol. The van der Waals surface area contributed by atoms with Gasteiger partial charge in [-0.15, -0.1) is 0 Å². The highest BCUT2D eigenvalue weighted by Crippen LogP contribution is 2.26. The Bertz CT molecular complexity index is 581. The highest BCUT2D eigenvalue weighted by atomic mass is 16.5. The van der Waals surface area contributed by atoms with Crippen molar-refractivity contribution in [2.24, 2.45) is 0 Å². The van der Waals surface area contributed by atoms with Crippen LogP contribution in [0.15, 0.2) is 42.5 Å². The third kappa shape index (κ3) is 4.50. The van der Waals surface area contributed by atoms with E-state index in [0.29, 0.717) is 13.2 Å². The lowest BCUT2D eigenvalue weighted by Crippen LogP contribution is -2.03. The Kier molecular flexibility index (Phi) is 5.64. The van der Waals surface area contributed by atoms with Gasteiger partial charge in [0.15, 0.2) is 0 Å². The highest BCUT2D eigenvalue weighted by molar-refractivity contribution is 5.57. The molecule has 112 valence electrons. The molecule has 2 rings (SSSR count). The first kappa shape index (κ1) is 15.4. The molecule has 0 amide bonds. The fraction of sp³-hybridized carbons (Fsp3) is 0.333. The molecule has 0 unspecified atom stereocenters. The normalized spacial score (nSPS) is 10.4. The number of ether oxygens (including phenoxy) is 2. The maximum absolute atomic E-state index is 5.69. The van der Waals surface area contributed by atoms with E-state index in [-0.39, 0.29) is 0 Å². The van der Waals surface area contributed by atoms with Crippen LogP contribution in [0, 0.1) is 6.92 Å². The van der Waals surface area contributed by atoms with E-state index in [1.165, 1.54) is 16.7 Å². The number of methoxy groups -OCH3 is 1. The second kappa shape index (κ2) is 7.70. The van der Waals surface area contributed by atoms with E-state index in [4.69, 9.17) is 9.47 Å². The molecule has 0 saturated heterocycles. The molecule has 2 aromatic carbocycles. The number of benzene rings is 2. The summed E-state index contributed by atoms with van der Waals surface area (Å²) in [5.41, 5.74) is 4.64. The van der Waals surface area contributed by atoms with Crippen LogP contribution < -0.4 is 10.1 Å². The maximum atomic E-state index is 5.69. The zero-order valence-electron chi connectivity index (χ0n) is 13.0. The van der Waals surface area contributed by atoms with Crippen LogP contribution in [0.3, 0.4) is 0 Å². The molecule has 2 aromatic rings. The predicted octanol–water partition coefficient (Wildman–Crippen LogP) is 4.15. The van der Waals surface area contributed by atoms with Crippen LogP contribution in [0.1, 0.15) is 23.6 Å². The summed E-state index contributed by atoms with van der Waals surface area (Å²) in [5, 5.41) is 3.45. The van der Waals surface area contributed by atoms with Crippen molar-refractivity contribution in [3.8, 4) is 5.75 Å². The molecule has 0 aliphatic heterocycles. The lowest BCUT2D eigenvalue weighted by Gasteiger charge is -2.13. The van der Waals surface area contributed by atoms with Crippen LogP contribution in [0.5, 0.6) is 5.75 Å². The van der Waals surface area contributed by atoms with Gasteiger partial charge in [0.2, 0.25) is 0 Å². The molecular weight excluding hydrogens is 262 g/mol. The van der Waals surface area contributed by atoms with Crippen molar-refractivity contribution in [2.75, 3.05) is 19.0 Å². The molecule has 0 atom stereocenters. The van der Waals surface area contributed by atoms with E-state index in [1.54, 1.807) is 7.11 Å². The van der Waals surface area contributed by atoms with Crippen molar-refractivity contribution < 1.29 is 9.47 Å². The zero-order valence-corrected chi connectivity index (χ0v) is 13.0. The van der Waals surface area contributed by atoms with E-state index in [1.807, 2.05) is 6.92 Å². The molecule has 0 fully saturated rings. The fourth-order valence-corrected chi connectivity index (χ4v) is 2.24. The quantitative estimate of drug-likeness (QED) is 0.829. The number of hydrogen-bond donors (Lipinski definition) is 1. The second-order valence-electron chi connectivity index (χ2n) is 5.04. The summed E-state index contributed by atoms with van der Waals surface area (Å²) in [6.07, 6.45) is 0. The molecule has 0 aromatic heterocycles. The van der Waals surface area contributed by atoms with Crippen LogP contribution in [-0.4, -0.2) is 13.7 Å². The number of anilines is 1. The first-order chi connectivity index (χ1) is 10.2. The lowest BCUT2D eigenvalue weighted by atomic mass is 10.1. The van der Waals surface area contributed by atoms with Gasteiger partial charge in [0.25, 0.3) is 0 Å². The maximum Gasteiger partial charge on any atom is 0.142 e. The van der Waals surface area contributed by atoms with Gasteiger partial charge in [0.05, 0.1) is 18.9 Å². The minimum Gasteiger partial charge on any atom is -0.492 e. The average molecular weight is 285 g/mol. The molecule has 0 saturated carbocycles. The van der Waals surface area contributed by atoms with Gasteiger partial charge >= 0.3 is 0 Å². The largest absolute Gasteiger partial charge is 0.492 e. The Balaban J connectivity index is 2.07. The number of hydrogen-bond acceptors (Lipinski definition) is 3. The standard InChI is InChI=1S/C18H23NO2/c1-4-21-18-10-14(2)8-9-17(18)19-12-15-6-5-7-16(11-15)13-20-3/h5-11,19H,4,12-13H2,1-3H3. The zero-order chi connectivity index (χ0) is 15.1. The van der Waals surface area contributed by atoms with E-state index >= 15 is 0 Å². The number of aryl methyl sites for hydroxylation is 1. The summed E-state index contributed by atoms with van der Waals surface area (Å²) in [6, 6.07) is 14.6. The molecule has 0 radical (unpaired) electrons. The third-order valence-electron chi connectivity index (χ3n) is 3.22. The molecule has 0 heterocycles. The average Bonchev–Trinajstić information content (AvgIpc) is 2.48. The Hall–Kier alpha value is -2.00. The Morgan fingerprint density at radius 1 is 1.05 bits per heavy atom. The predicted molar refractivity (Wildman–Crippen MR) is 86.8 cm³/mol. The third-order valence-corrected chi connectivity index (χ3v) is 3.22. The summed E-state index contributed by atoms with van der Waals surface area (Å²) >= 11 is 0. The van der Waals surface area contributed by atoms with Crippen LogP contribution >= 0.6 is 0 Å². The van der Waals surface area contributed by atoms with Crippen molar-refractivity contribution >= 4 is 5.69 Å². The van der Waals surface area contributed by atoms with E-state index < -0.39 is 0 Å². The van der Waals surface area contributed by atoms with E-state index in [2.05, 4.69) is 54.7 Å². The van der Waals surface area contributed by atoms with Crippen molar-refractivity contribution in [3.63, 3.8) is 0 Å². The van der Waals surface area contributed by atoms with Gasteiger partial charge in [-0.1, -0.05) is 30.3 Å². The molecule has 0 aliphatic carbocycles. The Labute approximate surface area is 126 Å².